The molecular weight excluding hydrogens is 1730 g/mol. The molecule has 1 aliphatic carbocycles. The third-order valence-corrected chi connectivity index (χ3v) is 29.7. The minimum Gasteiger partial charge on any atom is -0.475 e. The van der Waals surface area contributed by atoms with Crippen molar-refractivity contribution in [2.24, 2.45) is 45.3 Å². The first-order valence-corrected chi connectivity index (χ1v) is 47.9. The molecule has 700 valence electrons. The van der Waals surface area contributed by atoms with Crippen LogP contribution in [-0.4, -0.2) is 262 Å². The van der Waals surface area contributed by atoms with Gasteiger partial charge in [-0.05, 0) is 197 Å². The molecule has 13 aliphatic rings. The highest BCUT2D eigenvalue weighted by atomic mass is 19.3. The van der Waals surface area contributed by atoms with Crippen LogP contribution in [0.15, 0.2) is 198 Å². The van der Waals surface area contributed by atoms with E-state index >= 15 is 0 Å². The fourth-order valence-electron chi connectivity index (χ4n) is 21.7. The average molecular weight is 1840 g/mol. The summed E-state index contributed by atoms with van der Waals surface area (Å²) in [7, 11) is 3.70. The van der Waals surface area contributed by atoms with Crippen LogP contribution < -0.4 is 19.4 Å². The van der Waals surface area contributed by atoms with Crippen LogP contribution in [0.3, 0.4) is 0 Å². The van der Waals surface area contributed by atoms with Crippen molar-refractivity contribution in [2.75, 3.05) is 133 Å². The molecule has 0 radical (unpaired) electrons. The Bertz CT molecular complexity index is 6660. The van der Waals surface area contributed by atoms with Crippen molar-refractivity contribution in [1.29, 1.82) is 5.26 Å². The van der Waals surface area contributed by atoms with Gasteiger partial charge in [-0.25, -0.2) is 33.4 Å². The highest BCUT2D eigenvalue weighted by Crippen LogP contribution is 2.48. The highest BCUT2D eigenvalue weighted by molar-refractivity contribution is 6.17. The summed E-state index contributed by atoms with van der Waals surface area (Å²) in [5.41, 5.74) is 18.5. The lowest BCUT2D eigenvalue weighted by Gasteiger charge is -2.29. The van der Waals surface area contributed by atoms with Crippen molar-refractivity contribution in [3.8, 4) is 46.1 Å². The first kappa shape index (κ1) is 89.5. The minimum absolute atomic E-state index is 0.0197. The Morgan fingerprint density at radius 3 is 1.23 bits per heavy atom. The summed E-state index contributed by atoms with van der Waals surface area (Å²) >= 11 is 0. The Morgan fingerprint density at radius 2 is 0.832 bits per heavy atom. The van der Waals surface area contributed by atoms with Gasteiger partial charge in [-0.2, -0.15) is 20.6 Å². The second kappa shape index (κ2) is 37.2. The minimum atomic E-state index is -2.64. The fourth-order valence-corrected chi connectivity index (χ4v) is 21.7. The molecule has 0 bridgehead atoms. The number of carbonyl (C=O) groups excluding carboxylic acids is 6. The van der Waals surface area contributed by atoms with Gasteiger partial charge in [0.05, 0.1) is 73.4 Å². The zero-order chi connectivity index (χ0) is 94.0. The predicted molar refractivity (Wildman–Crippen MR) is 516 cm³/mol. The van der Waals surface area contributed by atoms with Crippen molar-refractivity contribution in [3.63, 3.8) is 0 Å². The van der Waals surface area contributed by atoms with Crippen LogP contribution in [0.2, 0.25) is 0 Å². The number of fused-ring (bicyclic) bond motifs is 3. The number of amides is 6. The van der Waals surface area contributed by atoms with Gasteiger partial charge in [-0.3, -0.25) is 67.8 Å². The second-order valence-electron chi connectivity index (χ2n) is 38.8. The van der Waals surface area contributed by atoms with E-state index < -0.39 is 22.7 Å². The summed E-state index contributed by atoms with van der Waals surface area (Å²) < 4.78 is 37.9. The number of anilines is 3. The maximum absolute atomic E-state index is 14.1. The Morgan fingerprint density at radius 1 is 0.445 bits per heavy atom. The largest absolute Gasteiger partial charge is 0.475 e. The summed E-state index contributed by atoms with van der Waals surface area (Å²) in [5, 5.41) is 22.8. The van der Waals surface area contributed by atoms with Crippen LogP contribution in [0.4, 0.5) is 25.8 Å². The summed E-state index contributed by atoms with van der Waals surface area (Å²) in [6.07, 6.45) is 20.2. The Hall–Kier alpha value is -14.0. The lowest BCUT2D eigenvalue weighted by Crippen LogP contribution is -2.43. The van der Waals surface area contributed by atoms with Gasteiger partial charge < -0.3 is 34.1 Å². The first-order chi connectivity index (χ1) is 66.5. The van der Waals surface area contributed by atoms with Crippen molar-refractivity contribution >= 4 is 86.4 Å². The topological polar surface area (TPSA) is 307 Å². The molecule has 4 aromatic heterocycles. The zero-order valence-electron chi connectivity index (χ0n) is 77.6. The van der Waals surface area contributed by atoms with Crippen LogP contribution in [0.25, 0.3) is 50.9 Å². The van der Waals surface area contributed by atoms with Crippen molar-refractivity contribution in [2.45, 2.75) is 123 Å². The molecule has 6 amide bonds. The molecule has 0 N–H and O–H groups in total. The van der Waals surface area contributed by atoms with Crippen LogP contribution in [0.1, 0.15) is 146 Å². The number of nitrogens with zero attached hydrogens (tertiary/aromatic N) is 23. The molecule has 30 nitrogen and oxygen atoms in total. The smallest absolute Gasteiger partial charge is 0.280 e. The Balaban J connectivity index is 0.000000124. The number of hydrogen-bond acceptors (Lipinski definition) is 21. The predicted octanol–water partition coefficient (Wildman–Crippen LogP) is 12.4. The molecular formula is C105H109F2N23O7. The van der Waals surface area contributed by atoms with Gasteiger partial charge in [-0.1, -0.05) is 109 Å². The van der Waals surface area contributed by atoms with E-state index in [1.807, 2.05) is 130 Å². The van der Waals surface area contributed by atoms with E-state index in [9.17, 15) is 42.8 Å². The van der Waals surface area contributed by atoms with E-state index in [2.05, 4.69) is 151 Å². The zero-order valence-corrected chi connectivity index (χ0v) is 77.6. The third kappa shape index (κ3) is 18.2. The van der Waals surface area contributed by atoms with Crippen LogP contribution in [0, 0.1) is 27.6 Å². The quantitative estimate of drug-likeness (QED) is 0.0684. The maximum atomic E-state index is 14.1. The molecule has 0 unspecified atom stereocenters. The van der Waals surface area contributed by atoms with Crippen molar-refractivity contribution in [3.05, 3.63) is 239 Å². The van der Waals surface area contributed by atoms with E-state index in [1.165, 1.54) is 35.1 Å². The van der Waals surface area contributed by atoms with Crippen molar-refractivity contribution < 1.29 is 42.3 Å². The normalized spacial score (nSPS) is 21.9. The number of alkyl halides is 2. The molecule has 6 aromatic carbocycles. The molecule has 12 aliphatic heterocycles. The molecule has 3 atom stereocenters. The number of halogens is 2. The monoisotopic (exact) mass is 1840 g/mol. The van der Waals surface area contributed by atoms with E-state index in [0.717, 1.165) is 142 Å². The Kier molecular flexibility index (Phi) is 24.3. The number of aliphatic imine (C=N–C) groups is 3. The molecule has 10 aromatic rings. The van der Waals surface area contributed by atoms with Gasteiger partial charge in [0.2, 0.25) is 41.3 Å². The SMILES string of the molecule is CC(C)Oc1ccc(C2=NCc3ccc(N4CC[C@]5(CCN(CC(=O)N6CC=C(c7ccc(-c8ncn(C9CC9)n8)cc7)CC6)C5)C4=O)cc32)cn1.Cn1cnc(-c2ccc(C3=CCN(C(=O)CN4CC[C@]5(CCN(c6ccc7c(c6)C(C#N)=NC7)C5=O)C4)CC3)cc2)n1.Cn1cnc(-c2ccc(C3=CCN(C(=O)CN4CC[C@]5(CCN(c6ccc7c(c6)C(C(F)F)=NC7)C5=O)C4)CC3)cc2)n1. The molecule has 32 heteroatoms. The number of aryl methyl sites for hydroxylation is 2. The van der Waals surface area contributed by atoms with Gasteiger partial charge >= 0.3 is 0 Å². The summed E-state index contributed by atoms with van der Waals surface area (Å²) in [6.45, 7) is 15.9. The van der Waals surface area contributed by atoms with Gasteiger partial charge in [0, 0.05) is 161 Å². The Labute approximate surface area is 793 Å². The molecule has 16 heterocycles. The number of nitriles is 1. The van der Waals surface area contributed by atoms with E-state index in [0.29, 0.717) is 165 Å². The number of likely N-dealkylation sites (tertiary alicyclic amines) is 3. The lowest BCUT2D eigenvalue weighted by atomic mass is 9.85. The molecule has 7 fully saturated rings. The molecule has 23 rings (SSSR count). The van der Waals surface area contributed by atoms with Crippen LogP contribution >= 0.6 is 0 Å². The van der Waals surface area contributed by atoms with E-state index in [-0.39, 0.29) is 60.3 Å². The molecule has 137 heavy (non-hydrogen) atoms. The number of hydrogen-bond donors (Lipinski definition) is 0. The number of pyridine rings is 1. The van der Waals surface area contributed by atoms with E-state index in [4.69, 9.17) is 9.73 Å². The fraction of sp³-hybridized carbons (Fsp3) is 0.400. The molecule has 3 spiro atoms. The van der Waals surface area contributed by atoms with Gasteiger partial charge in [0.15, 0.2) is 17.5 Å². The standard InChI is InChI=1S/C41H44N8O3.C32H33F2N7O2.C32H32N8O2/c1-27(2)52-36-12-8-32(23-42-36)38-35-21-34(9-7-31(35)22-43-38)48-20-16-41(40(48)51)15-19-46(25-41)24-37(50)47-17-13-29(14-18-47)28-3-5-30(6-4-28)39-44-26-49(45-39)33-10-11-33;1-38-20-36-30(37-38)23-4-2-21(3-5-23)22-8-12-40(13-9-22)27(42)18-39-14-10-32(19-39)11-15-41(31(32)43)25-7-6-24-17-35-28(29(33)34)26(24)16-25;1-37-21-35-30(36-37)24-4-2-22(3-5-24)23-8-12-39(13-9-23)29(41)19-38-14-10-32(20-38)11-15-40(31(32)42)26-7-6-25-18-34-28(17-33)27(25)16-26/h3-9,12-13,21,23,26-27,33H,10-11,14-20,22,24-25H2,1-2H3;2-8,16,20,29H,9-15,17-19H2,1H3;2-8,16,21H,9-15,18-20H2,1H3/t41-;2*32-/m000/s1. The summed E-state index contributed by atoms with van der Waals surface area (Å²) in [4.78, 5) is 130. The number of ether oxygens (including phenoxy) is 1. The number of carbonyl (C=O) groups is 6. The third-order valence-electron chi connectivity index (χ3n) is 29.7. The molecule has 1 saturated carbocycles. The maximum Gasteiger partial charge on any atom is 0.280 e. The van der Waals surface area contributed by atoms with Gasteiger partial charge in [0.25, 0.3) is 6.43 Å². The number of benzene rings is 6. The lowest BCUT2D eigenvalue weighted by molar-refractivity contribution is -0.133. The molecule has 6 saturated heterocycles. The summed E-state index contributed by atoms with van der Waals surface area (Å²) in [5.74, 6) is 3.40. The number of aromatic nitrogens is 10. The number of rotatable bonds is 20. The summed E-state index contributed by atoms with van der Waals surface area (Å²) in [6, 6.07) is 48.9. The van der Waals surface area contributed by atoms with E-state index in [1.54, 1.807) is 39.1 Å². The first-order valence-electron chi connectivity index (χ1n) is 47.9. The van der Waals surface area contributed by atoms with Crippen LogP contribution in [0.5, 0.6) is 5.88 Å². The van der Waals surface area contributed by atoms with Crippen molar-refractivity contribution in [1.82, 2.24) is 78.7 Å². The van der Waals surface area contributed by atoms with Crippen LogP contribution in [-0.2, 0) is 62.5 Å². The van der Waals surface area contributed by atoms with Gasteiger partial charge in [-0.15, -0.1) is 0 Å². The highest BCUT2D eigenvalue weighted by Gasteiger charge is 2.55. The second-order valence-corrected chi connectivity index (χ2v) is 38.8. The average Bonchev–Trinajstić information content (AvgIpc) is 1.61. The van der Waals surface area contributed by atoms with Gasteiger partial charge in [0.1, 0.15) is 36.5 Å².